The van der Waals surface area contributed by atoms with Gasteiger partial charge in [-0.25, -0.2) is 0 Å². The van der Waals surface area contributed by atoms with Crippen molar-refractivity contribution >= 4 is 17.5 Å². The number of carbonyl (C=O) groups is 1. The zero-order valence-corrected chi connectivity index (χ0v) is 23.1. The Balaban J connectivity index is 1.60. The van der Waals surface area contributed by atoms with E-state index in [0.717, 1.165) is 46.5 Å². The van der Waals surface area contributed by atoms with Crippen LogP contribution in [0.15, 0.2) is 66.7 Å². The number of aromatic nitrogens is 2. The summed E-state index contributed by atoms with van der Waals surface area (Å²) in [7, 11) is 1.64. The molecule has 5 rings (SSSR count). The monoisotopic (exact) mass is 545 g/mol. The van der Waals surface area contributed by atoms with Crippen LogP contribution in [0.4, 0.5) is 0 Å². The number of carbonyl (C=O) groups excluding carboxylic acids is 1. The Bertz CT molecular complexity index is 1430. The fourth-order valence-electron chi connectivity index (χ4n) is 4.87. The van der Waals surface area contributed by atoms with E-state index < -0.39 is 0 Å². The van der Waals surface area contributed by atoms with Crippen molar-refractivity contribution in [2.45, 2.75) is 39.3 Å². The Kier molecular flexibility index (Phi) is 8.07. The molecule has 0 saturated carbocycles. The molecule has 0 fully saturated rings. The maximum absolute atomic E-state index is 13.8. The summed E-state index contributed by atoms with van der Waals surface area (Å²) in [5.74, 6) is 2.00. The Hall–Kier alpha value is -3.97. The SMILES string of the molecule is CCCCOc1ccc(C2c3c(-c4ccc(OC)cc4)n[nH]c3C(=O)N2Cc2ccc(Cl)cc2)cc1OCC. The number of hydrogen-bond acceptors (Lipinski definition) is 5. The van der Waals surface area contributed by atoms with Gasteiger partial charge in [0.25, 0.3) is 5.91 Å². The van der Waals surface area contributed by atoms with Crippen molar-refractivity contribution in [1.82, 2.24) is 15.1 Å². The normalized spacial score (nSPS) is 14.4. The Morgan fingerprint density at radius 3 is 2.44 bits per heavy atom. The largest absolute Gasteiger partial charge is 0.497 e. The lowest BCUT2D eigenvalue weighted by Crippen LogP contribution is -2.29. The maximum Gasteiger partial charge on any atom is 0.273 e. The summed E-state index contributed by atoms with van der Waals surface area (Å²) in [6, 6.07) is 20.8. The molecular formula is C31H32ClN3O4. The van der Waals surface area contributed by atoms with E-state index in [0.29, 0.717) is 42.0 Å². The van der Waals surface area contributed by atoms with Crippen LogP contribution < -0.4 is 14.2 Å². The molecule has 39 heavy (non-hydrogen) atoms. The van der Waals surface area contributed by atoms with Crippen molar-refractivity contribution < 1.29 is 19.0 Å². The van der Waals surface area contributed by atoms with Gasteiger partial charge in [0.2, 0.25) is 0 Å². The molecule has 1 aliphatic heterocycles. The number of H-pyrrole nitrogens is 1. The highest BCUT2D eigenvalue weighted by molar-refractivity contribution is 6.30. The molecule has 2 heterocycles. The van der Waals surface area contributed by atoms with Gasteiger partial charge in [0.15, 0.2) is 11.5 Å². The lowest BCUT2D eigenvalue weighted by Gasteiger charge is -2.27. The topological polar surface area (TPSA) is 76.7 Å². The van der Waals surface area contributed by atoms with Crippen LogP contribution in [0.25, 0.3) is 11.3 Å². The van der Waals surface area contributed by atoms with Gasteiger partial charge in [-0.15, -0.1) is 0 Å². The standard InChI is InChI=1S/C31H32ClN3O4/c1-4-6-17-39-25-16-11-22(18-26(25)38-5-2)30-27-28(21-9-14-24(37-3)15-10-21)33-34-29(27)31(36)35(30)19-20-7-12-23(32)13-8-20/h7-16,18,30H,4-6,17,19H2,1-3H3,(H,33,34). The van der Waals surface area contributed by atoms with E-state index in [2.05, 4.69) is 17.1 Å². The van der Waals surface area contributed by atoms with Gasteiger partial charge in [-0.05, 0) is 73.0 Å². The van der Waals surface area contributed by atoms with Gasteiger partial charge in [0.1, 0.15) is 11.4 Å². The first kappa shape index (κ1) is 26.6. The highest BCUT2D eigenvalue weighted by Crippen LogP contribution is 2.45. The average Bonchev–Trinajstić information content (AvgIpc) is 3.50. The number of nitrogens with zero attached hydrogens (tertiary/aromatic N) is 2. The van der Waals surface area contributed by atoms with E-state index >= 15 is 0 Å². The van der Waals surface area contributed by atoms with Gasteiger partial charge in [-0.3, -0.25) is 9.89 Å². The average molecular weight is 546 g/mol. The third kappa shape index (κ3) is 5.45. The fourth-order valence-corrected chi connectivity index (χ4v) is 5.00. The summed E-state index contributed by atoms with van der Waals surface area (Å²) in [5, 5.41) is 8.26. The molecule has 7 nitrogen and oxygen atoms in total. The molecule has 1 aromatic heterocycles. The zero-order chi connectivity index (χ0) is 27.4. The number of rotatable bonds is 11. The highest BCUT2D eigenvalue weighted by Gasteiger charge is 2.42. The summed E-state index contributed by atoms with van der Waals surface area (Å²) in [6.45, 7) is 5.60. The van der Waals surface area contributed by atoms with Crippen molar-refractivity contribution in [3.8, 4) is 28.5 Å². The number of amides is 1. The molecule has 4 aromatic rings. The second-order valence-electron chi connectivity index (χ2n) is 9.39. The minimum Gasteiger partial charge on any atom is -0.497 e. The summed E-state index contributed by atoms with van der Waals surface area (Å²) in [5.41, 5.74) is 4.84. The number of ether oxygens (including phenoxy) is 3. The zero-order valence-electron chi connectivity index (χ0n) is 22.4. The lowest BCUT2D eigenvalue weighted by atomic mass is 9.95. The Morgan fingerprint density at radius 2 is 1.74 bits per heavy atom. The molecule has 0 radical (unpaired) electrons. The number of halogens is 1. The van der Waals surface area contributed by atoms with Crippen molar-refractivity contribution in [2.24, 2.45) is 0 Å². The molecule has 8 heteroatoms. The molecule has 1 aliphatic rings. The molecule has 1 atom stereocenters. The van der Waals surface area contributed by atoms with E-state index in [4.69, 9.17) is 25.8 Å². The molecule has 3 aromatic carbocycles. The minimum absolute atomic E-state index is 0.113. The number of unbranched alkanes of at least 4 members (excludes halogenated alkanes) is 1. The third-order valence-corrected chi connectivity index (χ3v) is 7.08. The van der Waals surface area contributed by atoms with Crippen LogP contribution in [0.1, 0.15) is 59.9 Å². The number of hydrogen-bond donors (Lipinski definition) is 1. The molecule has 0 saturated heterocycles. The first-order chi connectivity index (χ1) is 19.0. The predicted molar refractivity (Wildman–Crippen MR) is 152 cm³/mol. The Morgan fingerprint density at radius 1 is 0.974 bits per heavy atom. The highest BCUT2D eigenvalue weighted by atomic mass is 35.5. The maximum atomic E-state index is 13.8. The quantitative estimate of drug-likeness (QED) is 0.204. The molecule has 0 bridgehead atoms. The van der Waals surface area contributed by atoms with Gasteiger partial charge in [0, 0.05) is 22.7 Å². The van der Waals surface area contributed by atoms with Crippen LogP contribution in [0, 0.1) is 0 Å². The molecular weight excluding hydrogens is 514 g/mol. The van der Waals surface area contributed by atoms with E-state index in [1.807, 2.05) is 78.6 Å². The number of methoxy groups -OCH3 is 1. The van der Waals surface area contributed by atoms with Crippen molar-refractivity contribution in [2.75, 3.05) is 20.3 Å². The van der Waals surface area contributed by atoms with Crippen molar-refractivity contribution in [3.63, 3.8) is 0 Å². The number of benzene rings is 3. The van der Waals surface area contributed by atoms with Crippen molar-refractivity contribution in [3.05, 3.63) is 94.1 Å². The van der Waals surface area contributed by atoms with Crippen LogP contribution >= 0.6 is 11.6 Å². The minimum atomic E-state index is -0.386. The molecule has 0 spiro atoms. The van der Waals surface area contributed by atoms with Crippen molar-refractivity contribution in [1.29, 1.82) is 0 Å². The van der Waals surface area contributed by atoms with Gasteiger partial charge < -0.3 is 19.1 Å². The van der Waals surface area contributed by atoms with Crippen LogP contribution in [-0.2, 0) is 6.54 Å². The molecule has 1 N–H and O–H groups in total. The number of nitrogens with one attached hydrogen (secondary N) is 1. The summed E-state index contributed by atoms with van der Waals surface area (Å²) < 4.78 is 17.3. The third-order valence-electron chi connectivity index (χ3n) is 6.83. The summed E-state index contributed by atoms with van der Waals surface area (Å²) in [4.78, 5) is 15.7. The predicted octanol–water partition coefficient (Wildman–Crippen LogP) is 7.06. The second-order valence-corrected chi connectivity index (χ2v) is 9.83. The second kappa shape index (κ2) is 11.8. The summed E-state index contributed by atoms with van der Waals surface area (Å²) in [6.07, 6.45) is 2.01. The van der Waals surface area contributed by atoms with E-state index in [1.165, 1.54) is 0 Å². The fraction of sp³-hybridized carbons (Fsp3) is 0.290. The number of fused-ring (bicyclic) bond motifs is 1. The van der Waals surface area contributed by atoms with Crippen LogP contribution in [0.5, 0.6) is 17.2 Å². The van der Waals surface area contributed by atoms with E-state index in [1.54, 1.807) is 7.11 Å². The van der Waals surface area contributed by atoms with E-state index in [-0.39, 0.29) is 11.9 Å². The van der Waals surface area contributed by atoms with E-state index in [9.17, 15) is 4.79 Å². The molecule has 1 amide bonds. The first-order valence-electron chi connectivity index (χ1n) is 13.2. The van der Waals surface area contributed by atoms with Gasteiger partial charge in [0.05, 0.1) is 32.1 Å². The molecule has 1 unspecified atom stereocenters. The Labute approximate surface area is 233 Å². The van der Waals surface area contributed by atoms with Gasteiger partial charge in [-0.1, -0.05) is 43.1 Å². The van der Waals surface area contributed by atoms with Gasteiger partial charge >= 0.3 is 0 Å². The van der Waals surface area contributed by atoms with Crippen LogP contribution in [0.2, 0.25) is 5.02 Å². The van der Waals surface area contributed by atoms with Crippen LogP contribution in [-0.4, -0.2) is 41.3 Å². The number of aromatic amines is 1. The smallest absolute Gasteiger partial charge is 0.273 e. The first-order valence-corrected chi connectivity index (χ1v) is 13.6. The van der Waals surface area contributed by atoms with Crippen LogP contribution in [0.3, 0.4) is 0 Å². The molecule has 0 aliphatic carbocycles. The van der Waals surface area contributed by atoms with Gasteiger partial charge in [-0.2, -0.15) is 5.10 Å². The lowest BCUT2D eigenvalue weighted by molar-refractivity contribution is 0.0729. The molecule has 202 valence electrons. The summed E-state index contributed by atoms with van der Waals surface area (Å²) >= 11 is 6.13.